The van der Waals surface area contributed by atoms with Crippen LogP contribution in [-0.2, 0) is 9.59 Å². The van der Waals surface area contributed by atoms with Crippen LogP contribution in [0.4, 0.5) is 17.1 Å². The normalized spacial score (nSPS) is 17.9. The molecule has 10 heteroatoms. The predicted octanol–water partition coefficient (Wildman–Crippen LogP) is 3.58. The summed E-state index contributed by atoms with van der Waals surface area (Å²) >= 11 is 0. The highest BCUT2D eigenvalue weighted by Gasteiger charge is 2.34. The van der Waals surface area contributed by atoms with E-state index in [1.807, 2.05) is 45.0 Å². The van der Waals surface area contributed by atoms with Crippen molar-refractivity contribution in [2.75, 3.05) is 50.2 Å². The van der Waals surface area contributed by atoms with Gasteiger partial charge < -0.3 is 36.0 Å². The number of aliphatic hydroxyl groups excluding tert-OH is 1. The Balaban J connectivity index is 1.62. The van der Waals surface area contributed by atoms with E-state index < -0.39 is 0 Å². The summed E-state index contributed by atoms with van der Waals surface area (Å²) in [5, 5.41) is 15.5. The summed E-state index contributed by atoms with van der Waals surface area (Å²) in [6, 6.07) is 11.9. The highest BCUT2D eigenvalue weighted by Crippen LogP contribution is 2.35. The molecule has 0 unspecified atom stereocenters. The highest BCUT2D eigenvalue weighted by molar-refractivity contribution is 6.01. The monoisotopic (exact) mass is 553 g/mol. The van der Waals surface area contributed by atoms with Crippen LogP contribution in [0.15, 0.2) is 42.5 Å². The Kier molecular flexibility index (Phi) is 11.3. The Bertz CT molecular complexity index is 1170. The van der Waals surface area contributed by atoms with Gasteiger partial charge in [0.05, 0.1) is 35.3 Å². The number of rotatable bonds is 12. The van der Waals surface area contributed by atoms with Crippen molar-refractivity contribution in [3.63, 3.8) is 0 Å². The van der Waals surface area contributed by atoms with Crippen molar-refractivity contribution in [1.29, 1.82) is 0 Å². The molecular weight excluding hydrogens is 510 g/mol. The molecule has 0 saturated heterocycles. The molecule has 0 radical (unpaired) electrons. The molecule has 2 aromatic rings. The molecule has 1 aliphatic rings. The number of unbranched alkanes of at least 4 members (excludes halogenated alkanes) is 2. The lowest BCUT2D eigenvalue weighted by atomic mass is 9.99. The lowest BCUT2D eigenvalue weighted by Crippen LogP contribution is -2.49. The Hall–Kier alpha value is -3.63. The molecule has 3 atom stereocenters. The summed E-state index contributed by atoms with van der Waals surface area (Å²) in [4.78, 5) is 42.3. The first kappa shape index (κ1) is 30.9. The van der Waals surface area contributed by atoms with Crippen LogP contribution in [0.3, 0.4) is 0 Å². The van der Waals surface area contributed by atoms with E-state index in [1.165, 1.54) is 0 Å². The van der Waals surface area contributed by atoms with E-state index in [-0.39, 0.29) is 48.8 Å². The SMILES string of the molecule is C[C@@H]1CN([C@H](C)CO)C(=O)c2cccc(NC(=O)CCCCCC(=O)Nc3ccccc3N)c2O[C@H]1CN(C)C. The fourth-order valence-electron chi connectivity index (χ4n) is 4.70. The van der Waals surface area contributed by atoms with Crippen LogP contribution >= 0.6 is 0 Å². The minimum atomic E-state index is -0.355. The number of nitrogens with two attached hydrogens (primary N) is 1. The molecule has 0 aromatic heterocycles. The molecule has 3 amide bonds. The zero-order valence-electron chi connectivity index (χ0n) is 24.0. The van der Waals surface area contributed by atoms with E-state index in [2.05, 4.69) is 10.6 Å². The number of benzene rings is 2. The lowest BCUT2D eigenvalue weighted by Gasteiger charge is -2.38. The molecule has 218 valence electrons. The fraction of sp³-hybridized carbons (Fsp3) is 0.500. The van der Waals surface area contributed by atoms with E-state index in [4.69, 9.17) is 10.5 Å². The molecule has 40 heavy (non-hydrogen) atoms. The molecule has 10 nitrogen and oxygen atoms in total. The van der Waals surface area contributed by atoms with Gasteiger partial charge in [-0.05, 0) is 58.1 Å². The number of carbonyl (C=O) groups is 3. The zero-order valence-corrected chi connectivity index (χ0v) is 24.0. The Morgan fingerprint density at radius 1 is 1.05 bits per heavy atom. The number of para-hydroxylation sites is 3. The van der Waals surface area contributed by atoms with Crippen LogP contribution < -0.4 is 21.1 Å². The van der Waals surface area contributed by atoms with Gasteiger partial charge in [0.2, 0.25) is 11.8 Å². The van der Waals surface area contributed by atoms with Crippen molar-refractivity contribution in [3.8, 4) is 5.75 Å². The molecule has 0 aliphatic carbocycles. The second-order valence-electron chi connectivity index (χ2n) is 10.8. The van der Waals surface area contributed by atoms with E-state index >= 15 is 0 Å². The molecule has 1 heterocycles. The molecular formula is C30H43N5O5. The summed E-state index contributed by atoms with van der Waals surface area (Å²) in [6.45, 7) is 4.78. The number of ether oxygens (including phenoxy) is 1. The molecule has 0 saturated carbocycles. The number of likely N-dealkylation sites (N-methyl/N-ethyl adjacent to an activating group) is 1. The van der Waals surface area contributed by atoms with Crippen molar-refractivity contribution < 1.29 is 24.2 Å². The zero-order chi connectivity index (χ0) is 29.2. The van der Waals surface area contributed by atoms with Crippen LogP contribution in [0.1, 0.15) is 56.3 Å². The quantitative estimate of drug-likeness (QED) is 0.233. The minimum Gasteiger partial charge on any atom is -0.486 e. The first-order valence-electron chi connectivity index (χ1n) is 13.9. The second kappa shape index (κ2) is 14.7. The van der Waals surface area contributed by atoms with Crippen molar-refractivity contribution in [2.24, 2.45) is 5.92 Å². The maximum atomic E-state index is 13.5. The van der Waals surface area contributed by atoms with Crippen molar-refractivity contribution in [1.82, 2.24) is 9.80 Å². The maximum Gasteiger partial charge on any atom is 0.258 e. The third-order valence-corrected chi connectivity index (χ3v) is 7.05. The highest BCUT2D eigenvalue weighted by atomic mass is 16.5. The average Bonchev–Trinajstić information content (AvgIpc) is 2.91. The summed E-state index contributed by atoms with van der Waals surface area (Å²) in [6.07, 6.45) is 2.35. The van der Waals surface area contributed by atoms with Gasteiger partial charge in [-0.1, -0.05) is 31.5 Å². The van der Waals surface area contributed by atoms with Gasteiger partial charge in [-0.25, -0.2) is 0 Å². The van der Waals surface area contributed by atoms with Gasteiger partial charge in [-0.3, -0.25) is 14.4 Å². The summed E-state index contributed by atoms with van der Waals surface area (Å²) in [7, 11) is 3.92. The molecule has 3 rings (SSSR count). The average molecular weight is 554 g/mol. The van der Waals surface area contributed by atoms with Gasteiger partial charge in [0.25, 0.3) is 5.91 Å². The van der Waals surface area contributed by atoms with Crippen LogP contribution in [0.25, 0.3) is 0 Å². The first-order chi connectivity index (χ1) is 19.1. The minimum absolute atomic E-state index is 0.00668. The Labute approximate surface area is 236 Å². The van der Waals surface area contributed by atoms with Crippen LogP contribution in [0, 0.1) is 5.92 Å². The van der Waals surface area contributed by atoms with E-state index in [1.54, 1.807) is 35.2 Å². The number of hydrogen-bond acceptors (Lipinski definition) is 7. The second-order valence-corrected chi connectivity index (χ2v) is 10.8. The van der Waals surface area contributed by atoms with Gasteiger partial charge >= 0.3 is 0 Å². The van der Waals surface area contributed by atoms with Gasteiger partial charge in [-0.15, -0.1) is 0 Å². The third-order valence-electron chi connectivity index (χ3n) is 7.05. The van der Waals surface area contributed by atoms with Crippen LogP contribution in [0.2, 0.25) is 0 Å². The van der Waals surface area contributed by atoms with E-state index in [9.17, 15) is 19.5 Å². The number of carbonyl (C=O) groups excluding carboxylic acids is 3. The Morgan fingerprint density at radius 2 is 1.68 bits per heavy atom. The fourth-order valence-corrected chi connectivity index (χ4v) is 4.70. The largest absolute Gasteiger partial charge is 0.486 e. The number of hydrogen-bond donors (Lipinski definition) is 4. The Morgan fingerprint density at radius 3 is 2.30 bits per heavy atom. The van der Waals surface area contributed by atoms with Gasteiger partial charge in [0, 0.05) is 31.8 Å². The topological polar surface area (TPSA) is 137 Å². The number of nitrogens with one attached hydrogen (secondary N) is 2. The van der Waals surface area contributed by atoms with E-state index in [0.29, 0.717) is 67.1 Å². The van der Waals surface area contributed by atoms with Crippen LogP contribution in [-0.4, -0.2) is 78.6 Å². The third kappa shape index (κ3) is 8.43. The maximum absolute atomic E-state index is 13.5. The molecule has 2 aromatic carbocycles. The summed E-state index contributed by atoms with van der Waals surface area (Å²) < 4.78 is 6.43. The number of anilines is 3. The predicted molar refractivity (Wildman–Crippen MR) is 157 cm³/mol. The lowest BCUT2D eigenvalue weighted by molar-refractivity contribution is -0.116. The molecule has 0 bridgehead atoms. The van der Waals surface area contributed by atoms with E-state index in [0.717, 1.165) is 0 Å². The number of fused-ring (bicyclic) bond motifs is 1. The smallest absolute Gasteiger partial charge is 0.258 e. The van der Waals surface area contributed by atoms with Crippen LogP contribution in [0.5, 0.6) is 5.75 Å². The van der Waals surface area contributed by atoms with Crippen molar-refractivity contribution >= 4 is 34.8 Å². The van der Waals surface area contributed by atoms with Gasteiger partial charge in [0.15, 0.2) is 5.75 Å². The number of aliphatic hydroxyl groups is 1. The molecule has 0 fully saturated rings. The van der Waals surface area contributed by atoms with Crippen molar-refractivity contribution in [2.45, 2.75) is 58.1 Å². The molecule has 1 aliphatic heterocycles. The number of nitrogen functional groups attached to an aromatic ring is 1. The molecule has 5 N–H and O–H groups in total. The first-order valence-corrected chi connectivity index (χ1v) is 13.9. The summed E-state index contributed by atoms with van der Waals surface area (Å²) in [5.41, 5.74) is 7.80. The number of nitrogens with zero attached hydrogens (tertiary/aromatic N) is 2. The van der Waals surface area contributed by atoms with Gasteiger partial charge in [-0.2, -0.15) is 0 Å². The summed E-state index contributed by atoms with van der Waals surface area (Å²) in [5.74, 6) is -0.193. The molecule has 0 spiro atoms. The standard InChI is InChI=1S/C30H43N5O5/c1-20-17-35(21(2)19-36)30(39)22-11-10-14-25(29(22)40-26(20)18-34(3)4)33-28(38)16-7-5-6-15-27(37)32-24-13-9-8-12-23(24)31/h8-14,20-21,26,36H,5-7,15-19,31H2,1-4H3,(H,32,37)(H,33,38)/t20-,21-,26+/m1/s1. The van der Waals surface area contributed by atoms with Gasteiger partial charge in [0.1, 0.15) is 6.10 Å². The number of amides is 3. The van der Waals surface area contributed by atoms with Crippen molar-refractivity contribution in [3.05, 3.63) is 48.0 Å².